The SMILES string of the molecule is CC[C@H](C)[C@H](N)C(=O)C(NC(=O)[C@@](Cc1ccccc1)(C(=O)CN)[C@@H](O)[C@H](O)[C@@H](N)CC1CCCCC1)c1ccccn1. The molecule has 1 amide bonds. The summed E-state index contributed by atoms with van der Waals surface area (Å²) in [5.41, 5.74) is 17.2. The minimum atomic E-state index is -2.26. The number of carbonyl (C=O) groups excluding carboxylic acids is 3. The second kappa shape index (κ2) is 16.2. The Bertz CT molecular complexity index is 1180. The highest BCUT2D eigenvalue weighted by Crippen LogP contribution is 2.35. The monoisotopic (exact) mass is 595 g/mol. The van der Waals surface area contributed by atoms with E-state index < -0.39 is 59.8 Å². The van der Waals surface area contributed by atoms with Crippen LogP contribution >= 0.6 is 0 Å². The summed E-state index contributed by atoms with van der Waals surface area (Å²) in [6.07, 6.45) is 4.00. The van der Waals surface area contributed by atoms with Gasteiger partial charge in [-0.05, 0) is 42.4 Å². The molecule has 0 spiro atoms. The lowest BCUT2D eigenvalue weighted by Gasteiger charge is -2.40. The van der Waals surface area contributed by atoms with Gasteiger partial charge in [0.05, 0.1) is 24.4 Å². The van der Waals surface area contributed by atoms with Crippen LogP contribution in [0.1, 0.15) is 76.1 Å². The van der Waals surface area contributed by atoms with Crippen LogP contribution in [0.2, 0.25) is 0 Å². The van der Waals surface area contributed by atoms with E-state index in [0.29, 0.717) is 18.4 Å². The van der Waals surface area contributed by atoms with Gasteiger partial charge in [-0.25, -0.2) is 0 Å². The number of aromatic nitrogens is 1. The first-order valence-corrected chi connectivity index (χ1v) is 15.5. The molecule has 1 aliphatic carbocycles. The number of benzene rings is 1. The van der Waals surface area contributed by atoms with Gasteiger partial charge in [-0.2, -0.15) is 0 Å². The molecule has 7 atom stereocenters. The first-order chi connectivity index (χ1) is 20.6. The molecular weight excluding hydrogens is 546 g/mol. The number of nitrogens with one attached hydrogen (secondary N) is 1. The molecule has 1 saturated carbocycles. The van der Waals surface area contributed by atoms with E-state index in [1.54, 1.807) is 48.5 Å². The highest BCUT2D eigenvalue weighted by Gasteiger charge is 2.55. The normalized spacial score (nSPS) is 19.7. The number of nitrogens with two attached hydrogens (primary N) is 3. The highest BCUT2D eigenvalue weighted by molar-refractivity contribution is 6.09. The summed E-state index contributed by atoms with van der Waals surface area (Å²) in [5, 5.41) is 26.0. The zero-order valence-electron chi connectivity index (χ0n) is 25.4. The maximum atomic E-state index is 14.5. The van der Waals surface area contributed by atoms with Crippen LogP contribution in [0.3, 0.4) is 0 Å². The molecule has 1 aromatic carbocycles. The Morgan fingerprint density at radius 2 is 1.67 bits per heavy atom. The molecule has 236 valence electrons. The quantitative estimate of drug-likeness (QED) is 0.157. The van der Waals surface area contributed by atoms with Crippen molar-refractivity contribution in [2.75, 3.05) is 6.54 Å². The number of carbonyl (C=O) groups is 3. The van der Waals surface area contributed by atoms with Crippen LogP contribution in [0.15, 0.2) is 54.7 Å². The summed E-state index contributed by atoms with van der Waals surface area (Å²) in [7, 11) is 0. The predicted molar refractivity (Wildman–Crippen MR) is 165 cm³/mol. The third-order valence-corrected chi connectivity index (χ3v) is 9.14. The molecule has 9 N–H and O–H groups in total. The molecule has 1 heterocycles. The molecule has 0 saturated heterocycles. The minimum Gasteiger partial charge on any atom is -0.389 e. The van der Waals surface area contributed by atoms with E-state index >= 15 is 0 Å². The lowest BCUT2D eigenvalue weighted by Crippen LogP contribution is -2.63. The van der Waals surface area contributed by atoms with E-state index in [2.05, 4.69) is 10.3 Å². The van der Waals surface area contributed by atoms with Crippen molar-refractivity contribution in [2.24, 2.45) is 34.5 Å². The Morgan fingerprint density at radius 3 is 2.26 bits per heavy atom. The number of aliphatic hydroxyl groups is 2. The Labute approximate surface area is 254 Å². The Kier molecular flexibility index (Phi) is 13.0. The highest BCUT2D eigenvalue weighted by atomic mass is 16.3. The Balaban J connectivity index is 2.06. The number of hydrogen-bond donors (Lipinski definition) is 6. The van der Waals surface area contributed by atoms with Gasteiger partial charge >= 0.3 is 0 Å². The third-order valence-electron chi connectivity index (χ3n) is 9.14. The van der Waals surface area contributed by atoms with Crippen molar-refractivity contribution in [2.45, 2.75) is 95.5 Å². The smallest absolute Gasteiger partial charge is 0.237 e. The number of nitrogens with zero attached hydrogens (tertiary/aromatic N) is 1. The van der Waals surface area contributed by atoms with Crippen molar-refractivity contribution in [1.82, 2.24) is 10.3 Å². The number of hydrogen-bond acceptors (Lipinski definition) is 9. The molecule has 2 aromatic rings. The van der Waals surface area contributed by atoms with Gasteiger partial charge in [0.25, 0.3) is 0 Å². The maximum absolute atomic E-state index is 14.5. The van der Waals surface area contributed by atoms with Crippen molar-refractivity contribution in [3.8, 4) is 0 Å². The van der Waals surface area contributed by atoms with Crippen LogP contribution in [0.25, 0.3) is 0 Å². The van der Waals surface area contributed by atoms with Gasteiger partial charge in [0.1, 0.15) is 17.6 Å². The molecule has 1 aliphatic rings. The zero-order chi connectivity index (χ0) is 31.6. The second-order valence-electron chi connectivity index (χ2n) is 12.1. The number of aliphatic hydroxyl groups excluding tert-OH is 2. The summed E-state index contributed by atoms with van der Waals surface area (Å²) in [6, 6.07) is 10.5. The minimum absolute atomic E-state index is 0.194. The summed E-state index contributed by atoms with van der Waals surface area (Å²) in [4.78, 5) is 46.3. The summed E-state index contributed by atoms with van der Waals surface area (Å²) in [5.74, 6) is -2.14. The van der Waals surface area contributed by atoms with Crippen molar-refractivity contribution in [1.29, 1.82) is 0 Å². The Hall–Kier alpha value is -3.02. The van der Waals surface area contributed by atoms with E-state index in [4.69, 9.17) is 17.2 Å². The maximum Gasteiger partial charge on any atom is 0.237 e. The second-order valence-corrected chi connectivity index (χ2v) is 12.1. The molecule has 1 unspecified atom stereocenters. The van der Waals surface area contributed by atoms with Crippen LogP contribution in [0.4, 0.5) is 0 Å². The molecule has 3 rings (SSSR count). The number of ketones is 2. The molecule has 0 bridgehead atoms. The lowest BCUT2D eigenvalue weighted by molar-refractivity contribution is -0.159. The number of amides is 1. The van der Waals surface area contributed by atoms with Crippen LogP contribution in [0, 0.1) is 17.3 Å². The molecular formula is C33H49N5O5. The fourth-order valence-corrected chi connectivity index (χ4v) is 6.11. The van der Waals surface area contributed by atoms with E-state index in [1.165, 1.54) is 6.20 Å². The summed E-state index contributed by atoms with van der Waals surface area (Å²) < 4.78 is 0. The van der Waals surface area contributed by atoms with Gasteiger partial charge in [0.2, 0.25) is 5.91 Å². The van der Waals surface area contributed by atoms with Gasteiger partial charge in [-0.1, -0.05) is 88.8 Å². The zero-order valence-corrected chi connectivity index (χ0v) is 25.4. The molecule has 43 heavy (non-hydrogen) atoms. The molecule has 0 aliphatic heterocycles. The standard InChI is InChI=1S/C33H49N5O5/c1-3-21(2)27(36)30(41)28(25-16-10-11-17-37-25)38-32(43)33(26(39)20-34,19-23-14-8-5-9-15-23)31(42)29(40)24(35)18-22-12-6-4-7-13-22/h5,8-11,14-17,21-22,24,27-29,31,40,42H,3-4,6-7,12-13,18-20,34-36H2,1-2H3,(H,38,43)/t21-,24-,27-,28?,29+,31-,33-/m0/s1. The van der Waals surface area contributed by atoms with E-state index in [0.717, 1.165) is 32.1 Å². The van der Waals surface area contributed by atoms with Crippen LogP contribution in [-0.4, -0.2) is 63.5 Å². The number of pyridine rings is 1. The van der Waals surface area contributed by atoms with Gasteiger partial charge < -0.3 is 32.7 Å². The van der Waals surface area contributed by atoms with Crippen molar-refractivity contribution in [3.63, 3.8) is 0 Å². The first kappa shape index (κ1) is 34.5. The van der Waals surface area contributed by atoms with Crippen LogP contribution < -0.4 is 22.5 Å². The van der Waals surface area contributed by atoms with Crippen molar-refractivity contribution < 1.29 is 24.6 Å². The average molecular weight is 596 g/mol. The van der Waals surface area contributed by atoms with Crippen molar-refractivity contribution in [3.05, 3.63) is 66.0 Å². The van der Waals surface area contributed by atoms with Gasteiger partial charge in [-0.15, -0.1) is 0 Å². The summed E-state index contributed by atoms with van der Waals surface area (Å²) in [6.45, 7) is 3.16. The molecule has 0 radical (unpaired) electrons. The Morgan fingerprint density at radius 1 is 1.02 bits per heavy atom. The third kappa shape index (κ3) is 8.33. The lowest BCUT2D eigenvalue weighted by atomic mass is 9.68. The van der Waals surface area contributed by atoms with Gasteiger partial charge in [0, 0.05) is 12.2 Å². The average Bonchev–Trinajstić information content (AvgIpc) is 3.05. The first-order valence-electron chi connectivity index (χ1n) is 15.5. The number of Topliss-reactive ketones (excluding diaryl/α,β-unsaturated/α-hetero) is 2. The molecule has 1 fully saturated rings. The number of rotatable bonds is 16. The fourth-order valence-electron chi connectivity index (χ4n) is 6.11. The van der Waals surface area contributed by atoms with Crippen LogP contribution in [0.5, 0.6) is 0 Å². The van der Waals surface area contributed by atoms with E-state index in [9.17, 15) is 24.6 Å². The summed E-state index contributed by atoms with van der Waals surface area (Å²) >= 11 is 0. The van der Waals surface area contributed by atoms with Gasteiger partial charge in [0.15, 0.2) is 11.6 Å². The predicted octanol–water partition coefficient (Wildman–Crippen LogP) is 1.96. The largest absolute Gasteiger partial charge is 0.389 e. The molecule has 10 nitrogen and oxygen atoms in total. The van der Waals surface area contributed by atoms with E-state index in [-0.39, 0.29) is 24.0 Å². The topological polar surface area (TPSA) is 195 Å². The van der Waals surface area contributed by atoms with Crippen molar-refractivity contribution >= 4 is 17.5 Å². The fraction of sp³-hybridized carbons (Fsp3) is 0.576. The molecule has 10 heteroatoms. The van der Waals surface area contributed by atoms with E-state index in [1.807, 2.05) is 13.8 Å². The molecule has 1 aromatic heterocycles. The van der Waals surface area contributed by atoms with Gasteiger partial charge in [-0.3, -0.25) is 19.4 Å². The van der Waals surface area contributed by atoms with Crippen LogP contribution in [-0.2, 0) is 20.8 Å².